The normalized spacial score (nSPS) is 10.4. The summed E-state index contributed by atoms with van der Waals surface area (Å²) in [5, 5.41) is 12.6. The van der Waals surface area contributed by atoms with Crippen molar-refractivity contribution < 1.29 is 14.6 Å². The van der Waals surface area contributed by atoms with E-state index in [1.807, 2.05) is 24.3 Å². The first-order valence-corrected chi connectivity index (χ1v) is 8.93. The molecule has 27 heavy (non-hydrogen) atoms. The van der Waals surface area contributed by atoms with Crippen molar-refractivity contribution in [3.63, 3.8) is 0 Å². The Hall–Kier alpha value is -2.98. The van der Waals surface area contributed by atoms with E-state index in [-0.39, 0.29) is 10.6 Å². The highest BCUT2D eigenvalue weighted by atomic mass is 35.5. The van der Waals surface area contributed by atoms with E-state index in [1.165, 1.54) is 11.6 Å². The van der Waals surface area contributed by atoms with Crippen LogP contribution in [-0.4, -0.2) is 11.1 Å². The van der Waals surface area contributed by atoms with Gasteiger partial charge in [0.2, 0.25) is 0 Å². The van der Waals surface area contributed by atoms with Crippen LogP contribution >= 0.6 is 11.6 Å². The largest absolute Gasteiger partial charge is 0.489 e. The number of halogens is 1. The molecule has 5 heteroatoms. The van der Waals surface area contributed by atoms with Crippen molar-refractivity contribution in [2.45, 2.75) is 20.1 Å². The molecule has 0 saturated heterocycles. The summed E-state index contributed by atoms with van der Waals surface area (Å²) < 4.78 is 5.87. The van der Waals surface area contributed by atoms with Crippen molar-refractivity contribution in [3.8, 4) is 5.75 Å². The molecular formula is C22H20ClNO3. The summed E-state index contributed by atoms with van der Waals surface area (Å²) in [6, 6.07) is 20.9. The zero-order valence-corrected chi connectivity index (χ0v) is 15.7. The maximum atomic E-state index is 11.2. The minimum Gasteiger partial charge on any atom is -0.489 e. The highest BCUT2D eigenvalue weighted by molar-refractivity contribution is 6.33. The Labute approximate surface area is 163 Å². The van der Waals surface area contributed by atoms with Crippen LogP contribution in [0.25, 0.3) is 0 Å². The summed E-state index contributed by atoms with van der Waals surface area (Å²) in [4.78, 5) is 11.2. The van der Waals surface area contributed by atoms with Crippen LogP contribution in [0.2, 0.25) is 5.02 Å². The fourth-order valence-electron chi connectivity index (χ4n) is 2.60. The second kappa shape index (κ2) is 8.60. The first kappa shape index (κ1) is 18.8. The number of hydrogen-bond donors (Lipinski definition) is 2. The molecule has 0 amide bonds. The third kappa shape index (κ3) is 5.25. The maximum Gasteiger partial charge on any atom is 0.337 e. The quantitative estimate of drug-likeness (QED) is 0.564. The van der Waals surface area contributed by atoms with Gasteiger partial charge >= 0.3 is 5.97 Å². The van der Waals surface area contributed by atoms with Crippen LogP contribution in [-0.2, 0) is 13.2 Å². The molecule has 0 spiro atoms. The van der Waals surface area contributed by atoms with Crippen molar-refractivity contribution in [2.24, 2.45) is 0 Å². The highest BCUT2D eigenvalue weighted by Gasteiger charge is 2.09. The van der Waals surface area contributed by atoms with Gasteiger partial charge in [-0.05, 0) is 48.4 Å². The number of carboxylic acids is 1. The number of rotatable bonds is 7. The lowest BCUT2D eigenvalue weighted by atomic mass is 10.1. The molecule has 0 aliphatic heterocycles. The molecule has 0 aliphatic carbocycles. The van der Waals surface area contributed by atoms with Crippen LogP contribution < -0.4 is 10.1 Å². The molecule has 138 valence electrons. The number of carbonyl (C=O) groups is 1. The third-order valence-electron chi connectivity index (χ3n) is 4.12. The molecular weight excluding hydrogens is 362 g/mol. The number of aromatic carboxylic acids is 1. The number of benzene rings is 3. The molecule has 0 bridgehead atoms. The zero-order chi connectivity index (χ0) is 19.2. The predicted octanol–water partition coefficient (Wildman–Crippen LogP) is 5.54. The maximum absolute atomic E-state index is 11.2. The van der Waals surface area contributed by atoms with Gasteiger partial charge in [-0.15, -0.1) is 0 Å². The molecule has 0 atom stereocenters. The summed E-state index contributed by atoms with van der Waals surface area (Å²) in [7, 11) is 0. The van der Waals surface area contributed by atoms with Gasteiger partial charge < -0.3 is 15.2 Å². The SMILES string of the molecule is Cc1ccc(COc2cccc(CNc3ccc(Cl)c(C(=O)O)c3)c2)cc1. The van der Waals surface area contributed by atoms with Gasteiger partial charge in [-0.3, -0.25) is 0 Å². The Kier molecular flexibility index (Phi) is 5.99. The molecule has 0 aromatic heterocycles. The summed E-state index contributed by atoms with van der Waals surface area (Å²) >= 11 is 5.90. The molecule has 0 saturated carbocycles. The third-order valence-corrected chi connectivity index (χ3v) is 4.45. The molecule has 0 radical (unpaired) electrons. The molecule has 0 heterocycles. The van der Waals surface area contributed by atoms with E-state index in [0.29, 0.717) is 18.8 Å². The molecule has 3 rings (SSSR count). The van der Waals surface area contributed by atoms with Crippen LogP contribution in [0.5, 0.6) is 5.75 Å². The number of ether oxygens (including phenoxy) is 1. The number of nitrogens with one attached hydrogen (secondary N) is 1. The van der Waals surface area contributed by atoms with Gasteiger partial charge in [0.15, 0.2) is 0 Å². The van der Waals surface area contributed by atoms with Gasteiger partial charge in [0.25, 0.3) is 0 Å². The lowest BCUT2D eigenvalue weighted by molar-refractivity contribution is 0.0697. The van der Waals surface area contributed by atoms with Crippen LogP contribution in [0.1, 0.15) is 27.0 Å². The Morgan fingerprint density at radius 3 is 2.56 bits per heavy atom. The van der Waals surface area contributed by atoms with E-state index in [9.17, 15) is 4.79 Å². The average Bonchev–Trinajstić information content (AvgIpc) is 2.67. The van der Waals surface area contributed by atoms with Crippen molar-refractivity contribution in [1.82, 2.24) is 0 Å². The molecule has 4 nitrogen and oxygen atoms in total. The highest BCUT2D eigenvalue weighted by Crippen LogP contribution is 2.22. The number of hydrogen-bond acceptors (Lipinski definition) is 3. The Morgan fingerprint density at radius 2 is 1.81 bits per heavy atom. The first-order chi connectivity index (χ1) is 13.0. The predicted molar refractivity (Wildman–Crippen MR) is 108 cm³/mol. The molecule has 3 aromatic carbocycles. The molecule has 0 aliphatic rings. The van der Waals surface area contributed by atoms with E-state index in [4.69, 9.17) is 21.4 Å². The second-order valence-electron chi connectivity index (χ2n) is 6.28. The lowest BCUT2D eigenvalue weighted by Crippen LogP contribution is -2.03. The van der Waals surface area contributed by atoms with E-state index in [2.05, 4.69) is 36.5 Å². The van der Waals surface area contributed by atoms with E-state index < -0.39 is 5.97 Å². The van der Waals surface area contributed by atoms with Gasteiger partial charge in [-0.25, -0.2) is 4.79 Å². The fourth-order valence-corrected chi connectivity index (χ4v) is 2.80. The summed E-state index contributed by atoms with van der Waals surface area (Å²) in [5.41, 5.74) is 4.15. The van der Waals surface area contributed by atoms with E-state index >= 15 is 0 Å². The number of aryl methyl sites for hydroxylation is 1. The van der Waals surface area contributed by atoms with Gasteiger partial charge in [0.1, 0.15) is 12.4 Å². The zero-order valence-electron chi connectivity index (χ0n) is 14.9. The van der Waals surface area contributed by atoms with Gasteiger partial charge in [-0.2, -0.15) is 0 Å². The molecule has 0 unspecified atom stereocenters. The van der Waals surface area contributed by atoms with Crippen LogP contribution in [0.15, 0.2) is 66.7 Å². The van der Waals surface area contributed by atoms with E-state index in [1.54, 1.807) is 12.1 Å². The van der Waals surface area contributed by atoms with Crippen LogP contribution in [0, 0.1) is 6.92 Å². The summed E-state index contributed by atoms with van der Waals surface area (Å²) in [6.45, 7) is 3.11. The minimum atomic E-state index is -1.05. The van der Waals surface area contributed by atoms with Gasteiger partial charge in [0.05, 0.1) is 10.6 Å². The summed E-state index contributed by atoms with van der Waals surface area (Å²) in [6.07, 6.45) is 0. The van der Waals surface area contributed by atoms with Crippen LogP contribution in [0.3, 0.4) is 0 Å². The molecule has 3 aromatic rings. The fraction of sp³-hybridized carbons (Fsp3) is 0.136. The lowest BCUT2D eigenvalue weighted by Gasteiger charge is -2.11. The van der Waals surface area contributed by atoms with Gasteiger partial charge in [0, 0.05) is 12.2 Å². The molecule has 2 N–H and O–H groups in total. The Morgan fingerprint density at radius 1 is 1.04 bits per heavy atom. The second-order valence-corrected chi connectivity index (χ2v) is 6.68. The topological polar surface area (TPSA) is 58.6 Å². The summed E-state index contributed by atoms with van der Waals surface area (Å²) in [5.74, 6) is -0.257. The first-order valence-electron chi connectivity index (χ1n) is 8.55. The number of anilines is 1. The van der Waals surface area contributed by atoms with Crippen molar-refractivity contribution >= 4 is 23.3 Å². The number of carboxylic acid groups (broad SMARTS) is 1. The average molecular weight is 382 g/mol. The van der Waals surface area contributed by atoms with Crippen molar-refractivity contribution in [3.05, 3.63) is 94.0 Å². The monoisotopic (exact) mass is 381 g/mol. The van der Waals surface area contributed by atoms with Crippen molar-refractivity contribution in [1.29, 1.82) is 0 Å². The van der Waals surface area contributed by atoms with Crippen LogP contribution in [0.4, 0.5) is 5.69 Å². The Balaban J connectivity index is 1.61. The minimum absolute atomic E-state index is 0.0804. The Bertz CT molecular complexity index is 939. The van der Waals surface area contributed by atoms with E-state index in [0.717, 1.165) is 16.9 Å². The van der Waals surface area contributed by atoms with Gasteiger partial charge in [-0.1, -0.05) is 53.6 Å². The molecule has 0 fully saturated rings. The smallest absolute Gasteiger partial charge is 0.337 e. The standard InChI is InChI=1S/C22H20ClNO3/c1-15-5-7-16(8-6-15)14-27-19-4-2-3-17(11-19)13-24-18-9-10-21(23)20(12-18)22(25)26/h2-12,24H,13-14H2,1H3,(H,25,26). The van der Waals surface area contributed by atoms with Crippen molar-refractivity contribution in [2.75, 3.05) is 5.32 Å².